The number of halogens is 1. The minimum Gasteiger partial charge on any atom is -0.481 e. The largest absolute Gasteiger partial charge is 0.481 e. The van der Waals surface area contributed by atoms with Crippen LogP contribution in [0.2, 0.25) is 0 Å². The monoisotopic (exact) mass is 350 g/mol. The fourth-order valence-corrected chi connectivity index (χ4v) is 3.17. The molecule has 3 rings (SSSR count). The number of hydrogen-bond acceptors (Lipinski definition) is 4. The van der Waals surface area contributed by atoms with Crippen molar-refractivity contribution < 1.29 is 14.4 Å². The summed E-state index contributed by atoms with van der Waals surface area (Å²) in [5.74, 6) is -0.427. The van der Waals surface area contributed by atoms with Crippen LogP contribution in [0.1, 0.15) is 36.6 Å². The Morgan fingerprint density at radius 1 is 1.43 bits per heavy atom. The van der Waals surface area contributed by atoms with E-state index in [1.165, 1.54) is 0 Å². The van der Waals surface area contributed by atoms with Gasteiger partial charge in [-0.3, -0.25) is 4.79 Å². The molecule has 1 aromatic carbocycles. The van der Waals surface area contributed by atoms with Gasteiger partial charge in [0.05, 0.1) is 11.8 Å². The van der Waals surface area contributed by atoms with Gasteiger partial charge in [0.2, 0.25) is 11.7 Å². The summed E-state index contributed by atoms with van der Waals surface area (Å²) in [6.45, 7) is 2.01. The van der Waals surface area contributed by atoms with Crippen molar-refractivity contribution in [3.05, 3.63) is 34.1 Å². The summed E-state index contributed by atoms with van der Waals surface area (Å²) in [5.41, 5.74) is 1.98. The Kier molecular flexibility index (Phi) is 3.80. The molecule has 2 atom stereocenters. The van der Waals surface area contributed by atoms with Crippen LogP contribution in [0.4, 0.5) is 0 Å². The number of hydrogen-bond donors (Lipinski definition) is 1. The zero-order valence-electron chi connectivity index (χ0n) is 11.5. The van der Waals surface area contributed by atoms with E-state index in [1.807, 2.05) is 25.1 Å². The first-order chi connectivity index (χ1) is 10.1. The quantitative estimate of drug-likeness (QED) is 0.911. The van der Waals surface area contributed by atoms with Crippen molar-refractivity contribution in [2.24, 2.45) is 5.92 Å². The SMILES string of the molecule is Cc1ccc(-c2noc(C3CCCC3C(=O)O)n2)cc1Br. The molecule has 1 aromatic heterocycles. The highest BCUT2D eigenvalue weighted by Crippen LogP contribution is 2.39. The van der Waals surface area contributed by atoms with Crippen molar-refractivity contribution >= 4 is 21.9 Å². The maximum atomic E-state index is 11.2. The molecule has 1 aliphatic rings. The average Bonchev–Trinajstić information content (AvgIpc) is 3.09. The van der Waals surface area contributed by atoms with Gasteiger partial charge >= 0.3 is 5.97 Å². The standard InChI is InChI=1S/C15H15BrN2O3/c1-8-5-6-9(7-12(8)16)13-17-14(21-18-13)10-3-2-4-11(10)15(19)20/h5-7,10-11H,2-4H2,1H3,(H,19,20). The molecule has 2 aromatic rings. The Hall–Kier alpha value is -1.69. The van der Waals surface area contributed by atoms with Gasteiger partial charge in [-0.1, -0.05) is 39.6 Å². The average molecular weight is 351 g/mol. The molecule has 110 valence electrons. The number of aryl methyl sites for hydroxylation is 1. The molecule has 0 radical (unpaired) electrons. The Morgan fingerprint density at radius 3 is 2.95 bits per heavy atom. The fraction of sp³-hybridized carbons (Fsp3) is 0.400. The highest BCUT2D eigenvalue weighted by atomic mass is 79.9. The molecule has 2 unspecified atom stereocenters. The molecule has 1 fully saturated rings. The van der Waals surface area contributed by atoms with E-state index >= 15 is 0 Å². The van der Waals surface area contributed by atoms with Gasteiger partial charge < -0.3 is 9.63 Å². The van der Waals surface area contributed by atoms with E-state index in [0.29, 0.717) is 18.1 Å². The second-order valence-corrected chi connectivity index (χ2v) is 6.26. The topological polar surface area (TPSA) is 76.2 Å². The maximum absolute atomic E-state index is 11.2. The second kappa shape index (κ2) is 5.60. The number of aromatic nitrogens is 2. The number of carboxylic acids is 1. The molecule has 1 aliphatic carbocycles. The van der Waals surface area contributed by atoms with Crippen molar-refractivity contribution in [1.29, 1.82) is 0 Å². The molecule has 1 saturated carbocycles. The second-order valence-electron chi connectivity index (χ2n) is 5.40. The van der Waals surface area contributed by atoms with Gasteiger partial charge in [0.25, 0.3) is 0 Å². The van der Waals surface area contributed by atoms with Crippen LogP contribution in [0.5, 0.6) is 0 Å². The Balaban J connectivity index is 1.89. The van der Waals surface area contributed by atoms with Gasteiger partial charge in [0.1, 0.15) is 0 Å². The number of carbonyl (C=O) groups is 1. The van der Waals surface area contributed by atoms with Crippen LogP contribution in [0.25, 0.3) is 11.4 Å². The Bertz CT molecular complexity index is 683. The molecule has 0 bridgehead atoms. The lowest BCUT2D eigenvalue weighted by atomic mass is 9.96. The summed E-state index contributed by atoms with van der Waals surface area (Å²) in [6.07, 6.45) is 2.35. The summed E-state index contributed by atoms with van der Waals surface area (Å²) in [7, 11) is 0. The van der Waals surface area contributed by atoms with Crippen molar-refractivity contribution in [3.8, 4) is 11.4 Å². The van der Waals surface area contributed by atoms with E-state index in [0.717, 1.165) is 28.4 Å². The maximum Gasteiger partial charge on any atom is 0.307 e. The third-order valence-electron chi connectivity index (χ3n) is 4.02. The number of nitrogens with zero attached hydrogens (tertiary/aromatic N) is 2. The highest BCUT2D eigenvalue weighted by Gasteiger charge is 2.37. The van der Waals surface area contributed by atoms with Gasteiger partial charge in [-0.2, -0.15) is 4.98 Å². The molecule has 1 N–H and O–H groups in total. The lowest BCUT2D eigenvalue weighted by Gasteiger charge is -2.10. The number of rotatable bonds is 3. The van der Waals surface area contributed by atoms with Gasteiger partial charge in [-0.15, -0.1) is 0 Å². The van der Waals surface area contributed by atoms with E-state index in [-0.39, 0.29) is 5.92 Å². The van der Waals surface area contributed by atoms with Gasteiger partial charge in [0, 0.05) is 10.0 Å². The molecule has 1 heterocycles. The van der Waals surface area contributed by atoms with Crippen LogP contribution in [0.3, 0.4) is 0 Å². The van der Waals surface area contributed by atoms with Gasteiger partial charge in [-0.25, -0.2) is 0 Å². The van der Waals surface area contributed by atoms with Crippen molar-refractivity contribution in [3.63, 3.8) is 0 Å². The highest BCUT2D eigenvalue weighted by molar-refractivity contribution is 9.10. The lowest BCUT2D eigenvalue weighted by Crippen LogP contribution is -2.17. The summed E-state index contributed by atoms with van der Waals surface area (Å²) in [5, 5.41) is 13.2. The molecular weight excluding hydrogens is 336 g/mol. The van der Waals surface area contributed by atoms with E-state index in [4.69, 9.17) is 4.52 Å². The predicted molar refractivity (Wildman–Crippen MR) is 79.9 cm³/mol. The van der Waals surface area contributed by atoms with Crippen molar-refractivity contribution in [1.82, 2.24) is 10.1 Å². The van der Waals surface area contributed by atoms with E-state index in [1.54, 1.807) is 0 Å². The van der Waals surface area contributed by atoms with Crippen LogP contribution in [-0.2, 0) is 4.79 Å². The Labute approximate surface area is 130 Å². The molecule has 0 spiro atoms. The zero-order chi connectivity index (χ0) is 15.0. The van der Waals surface area contributed by atoms with Gasteiger partial charge in [0.15, 0.2) is 0 Å². The minimum absolute atomic E-state index is 0.169. The van der Waals surface area contributed by atoms with Crippen LogP contribution < -0.4 is 0 Å². The van der Waals surface area contributed by atoms with E-state index < -0.39 is 11.9 Å². The number of benzene rings is 1. The molecule has 0 saturated heterocycles. The third-order valence-corrected chi connectivity index (χ3v) is 4.88. The first-order valence-electron chi connectivity index (χ1n) is 6.89. The first-order valence-corrected chi connectivity index (χ1v) is 7.68. The summed E-state index contributed by atoms with van der Waals surface area (Å²) < 4.78 is 6.30. The fourth-order valence-electron chi connectivity index (χ4n) is 2.79. The third kappa shape index (κ3) is 2.72. The minimum atomic E-state index is -0.782. The van der Waals surface area contributed by atoms with Crippen LogP contribution >= 0.6 is 15.9 Å². The van der Waals surface area contributed by atoms with Crippen LogP contribution in [-0.4, -0.2) is 21.2 Å². The number of aliphatic carboxylic acids is 1. The molecule has 6 heteroatoms. The molecular formula is C15H15BrN2O3. The van der Waals surface area contributed by atoms with Crippen LogP contribution in [0, 0.1) is 12.8 Å². The van der Waals surface area contributed by atoms with Crippen molar-refractivity contribution in [2.75, 3.05) is 0 Å². The van der Waals surface area contributed by atoms with Crippen molar-refractivity contribution in [2.45, 2.75) is 32.1 Å². The summed E-state index contributed by atoms with van der Waals surface area (Å²) >= 11 is 3.48. The predicted octanol–water partition coefficient (Wildman–Crippen LogP) is 3.78. The van der Waals surface area contributed by atoms with Crippen LogP contribution in [0.15, 0.2) is 27.2 Å². The molecule has 0 amide bonds. The molecule has 0 aliphatic heterocycles. The smallest absolute Gasteiger partial charge is 0.307 e. The first kappa shape index (κ1) is 14.3. The zero-order valence-corrected chi connectivity index (χ0v) is 13.1. The number of carboxylic acid groups (broad SMARTS) is 1. The van der Waals surface area contributed by atoms with E-state index in [2.05, 4.69) is 26.1 Å². The normalized spacial score (nSPS) is 21.6. The lowest BCUT2D eigenvalue weighted by molar-refractivity contribution is -0.142. The van der Waals surface area contributed by atoms with E-state index in [9.17, 15) is 9.90 Å². The molecule has 21 heavy (non-hydrogen) atoms. The summed E-state index contributed by atoms with van der Waals surface area (Å²) in [4.78, 5) is 15.7. The molecule has 5 nitrogen and oxygen atoms in total. The Morgan fingerprint density at radius 2 is 2.24 bits per heavy atom. The van der Waals surface area contributed by atoms with Gasteiger partial charge in [-0.05, 0) is 31.4 Å². The summed E-state index contributed by atoms with van der Waals surface area (Å²) in [6, 6.07) is 5.84.